The summed E-state index contributed by atoms with van der Waals surface area (Å²) in [4.78, 5) is 0. The van der Waals surface area contributed by atoms with Gasteiger partial charge in [-0.15, -0.1) is 0 Å². The van der Waals surface area contributed by atoms with Crippen molar-refractivity contribution < 1.29 is 12.6 Å². The Labute approximate surface area is 101 Å². The van der Waals surface area contributed by atoms with Gasteiger partial charge in [-0.2, -0.15) is 0 Å². The molecule has 1 fully saturated rings. The van der Waals surface area contributed by atoms with Crippen LogP contribution >= 0.6 is 0 Å². The Hall–Kier alpha value is 0.0600. The van der Waals surface area contributed by atoms with Gasteiger partial charge in [0.1, 0.15) is 9.84 Å². The third kappa shape index (κ3) is 4.51. The molecule has 0 heterocycles. The fourth-order valence-corrected chi connectivity index (χ4v) is 5.32. The summed E-state index contributed by atoms with van der Waals surface area (Å²) in [6.45, 7) is 2.92. The van der Waals surface area contributed by atoms with Gasteiger partial charge in [0.15, 0.2) is 0 Å². The van der Waals surface area contributed by atoms with Crippen molar-refractivity contribution in [2.75, 3.05) is 24.3 Å². The maximum absolute atomic E-state index is 12.0. The van der Waals surface area contributed by atoms with Crippen molar-refractivity contribution in [1.29, 1.82) is 0 Å². The number of nitrogens with one attached hydrogen (secondary N) is 1. The number of hydrogen-bond acceptors (Lipinski definition) is 4. The number of rotatable bonds is 6. The summed E-state index contributed by atoms with van der Waals surface area (Å²) in [6.07, 6.45) is 4.30. The van der Waals surface area contributed by atoms with E-state index in [9.17, 15) is 12.6 Å². The van der Waals surface area contributed by atoms with Crippen LogP contribution in [0.4, 0.5) is 0 Å². The highest BCUT2D eigenvalue weighted by Crippen LogP contribution is 2.24. The lowest BCUT2D eigenvalue weighted by atomic mass is 10.2. The van der Waals surface area contributed by atoms with Gasteiger partial charge in [-0.1, -0.05) is 13.3 Å². The fourth-order valence-electron chi connectivity index (χ4n) is 2.12. The zero-order chi connectivity index (χ0) is 12.2. The highest BCUT2D eigenvalue weighted by atomic mass is 32.2. The highest BCUT2D eigenvalue weighted by molar-refractivity contribution is 7.92. The van der Waals surface area contributed by atoms with E-state index in [-0.39, 0.29) is 16.8 Å². The van der Waals surface area contributed by atoms with E-state index >= 15 is 0 Å². The van der Waals surface area contributed by atoms with Crippen molar-refractivity contribution >= 4 is 20.6 Å². The predicted octanol–water partition coefficient (Wildman–Crippen LogP) is 0.310. The van der Waals surface area contributed by atoms with Crippen molar-refractivity contribution in [1.82, 2.24) is 5.32 Å². The minimum atomic E-state index is -2.99. The van der Waals surface area contributed by atoms with Crippen LogP contribution < -0.4 is 5.32 Å². The van der Waals surface area contributed by atoms with Crippen molar-refractivity contribution in [2.45, 2.75) is 37.5 Å². The summed E-state index contributed by atoms with van der Waals surface area (Å²) < 4.78 is 34.0. The molecule has 1 saturated carbocycles. The van der Waals surface area contributed by atoms with Gasteiger partial charge in [-0.05, 0) is 19.4 Å². The van der Waals surface area contributed by atoms with Crippen LogP contribution in [0.25, 0.3) is 0 Å². The minimum absolute atomic E-state index is 0.0367. The quantitative estimate of drug-likeness (QED) is 0.752. The second-order valence-corrected chi connectivity index (χ2v) is 8.38. The molecule has 6 heteroatoms. The molecule has 0 spiro atoms. The molecular formula is C10H21NO3S2. The van der Waals surface area contributed by atoms with Gasteiger partial charge in [0.25, 0.3) is 0 Å². The summed E-state index contributed by atoms with van der Waals surface area (Å²) in [5.41, 5.74) is 0. The summed E-state index contributed by atoms with van der Waals surface area (Å²) in [5, 5.41) is 3.47. The molecule has 16 heavy (non-hydrogen) atoms. The average molecular weight is 267 g/mol. The summed E-state index contributed by atoms with van der Waals surface area (Å²) in [7, 11) is -4.01. The third-order valence-corrected chi connectivity index (χ3v) is 5.96. The Morgan fingerprint density at radius 1 is 1.38 bits per heavy atom. The molecule has 0 aromatic carbocycles. The molecule has 0 bridgehead atoms. The summed E-state index contributed by atoms with van der Waals surface area (Å²) >= 11 is 0. The molecule has 0 saturated heterocycles. The minimum Gasteiger partial charge on any atom is -0.313 e. The fraction of sp³-hybridized carbons (Fsp3) is 1.00. The van der Waals surface area contributed by atoms with E-state index in [1.807, 2.05) is 6.92 Å². The van der Waals surface area contributed by atoms with E-state index in [1.54, 1.807) is 0 Å². The highest BCUT2D eigenvalue weighted by Gasteiger charge is 2.31. The zero-order valence-electron chi connectivity index (χ0n) is 9.94. The molecule has 3 atom stereocenters. The van der Waals surface area contributed by atoms with Gasteiger partial charge in [0.05, 0.1) is 11.0 Å². The second kappa shape index (κ2) is 6.12. The van der Waals surface area contributed by atoms with Crippen LogP contribution in [0.5, 0.6) is 0 Å². The Kier molecular flexibility index (Phi) is 5.40. The van der Waals surface area contributed by atoms with E-state index in [2.05, 4.69) is 5.32 Å². The predicted molar refractivity (Wildman–Crippen MR) is 67.8 cm³/mol. The first-order chi connectivity index (χ1) is 7.44. The van der Waals surface area contributed by atoms with E-state index < -0.39 is 20.6 Å². The molecule has 1 N–H and O–H groups in total. The molecule has 1 aliphatic rings. The normalized spacial score (nSPS) is 28.1. The van der Waals surface area contributed by atoms with Gasteiger partial charge in [0.2, 0.25) is 0 Å². The van der Waals surface area contributed by atoms with Crippen LogP contribution in [0, 0.1) is 0 Å². The van der Waals surface area contributed by atoms with Crippen LogP contribution in [0.2, 0.25) is 0 Å². The van der Waals surface area contributed by atoms with Crippen LogP contribution in [0.3, 0.4) is 0 Å². The first kappa shape index (κ1) is 14.1. The van der Waals surface area contributed by atoms with Crippen molar-refractivity contribution in [3.05, 3.63) is 0 Å². The zero-order valence-corrected chi connectivity index (χ0v) is 11.6. The average Bonchev–Trinajstić information content (AvgIpc) is 2.62. The summed E-state index contributed by atoms with van der Waals surface area (Å²) in [5.74, 6) is 0.320. The van der Waals surface area contributed by atoms with Gasteiger partial charge < -0.3 is 5.32 Å². The van der Waals surface area contributed by atoms with Gasteiger partial charge in [-0.25, -0.2) is 8.42 Å². The smallest absolute Gasteiger partial charge is 0.148 e. The maximum Gasteiger partial charge on any atom is 0.148 e. The molecular weight excluding hydrogens is 246 g/mol. The first-order valence-electron chi connectivity index (χ1n) is 5.72. The number of sulfone groups is 1. The Balaban J connectivity index is 2.47. The third-order valence-electron chi connectivity index (χ3n) is 2.91. The van der Waals surface area contributed by atoms with E-state index in [4.69, 9.17) is 0 Å². The molecule has 0 aromatic rings. The Bertz CT molecular complexity index is 340. The Morgan fingerprint density at radius 2 is 2.06 bits per heavy atom. The topological polar surface area (TPSA) is 63.2 Å². The molecule has 4 nitrogen and oxygen atoms in total. The van der Waals surface area contributed by atoms with E-state index in [0.717, 1.165) is 25.8 Å². The van der Waals surface area contributed by atoms with Crippen LogP contribution in [0.1, 0.15) is 26.2 Å². The van der Waals surface area contributed by atoms with Gasteiger partial charge in [-0.3, -0.25) is 4.21 Å². The molecule has 0 amide bonds. The lowest BCUT2D eigenvalue weighted by Crippen LogP contribution is -2.39. The molecule has 0 aromatic heterocycles. The largest absolute Gasteiger partial charge is 0.313 e. The monoisotopic (exact) mass is 267 g/mol. The van der Waals surface area contributed by atoms with Gasteiger partial charge >= 0.3 is 0 Å². The SMILES string of the molecule is CCNC1CCCC1S(=O)CCS(C)(=O)=O. The maximum atomic E-state index is 12.0. The van der Waals surface area contributed by atoms with Crippen molar-refractivity contribution in [3.63, 3.8) is 0 Å². The van der Waals surface area contributed by atoms with E-state index in [1.165, 1.54) is 6.26 Å². The molecule has 1 aliphatic carbocycles. The Morgan fingerprint density at radius 3 is 2.62 bits per heavy atom. The summed E-state index contributed by atoms with van der Waals surface area (Å²) in [6, 6.07) is 0.311. The second-order valence-electron chi connectivity index (χ2n) is 4.35. The lowest BCUT2D eigenvalue weighted by Gasteiger charge is -2.19. The van der Waals surface area contributed by atoms with Crippen LogP contribution in [0.15, 0.2) is 0 Å². The molecule has 96 valence electrons. The lowest BCUT2D eigenvalue weighted by molar-refractivity contribution is 0.541. The van der Waals surface area contributed by atoms with Crippen molar-refractivity contribution in [2.24, 2.45) is 0 Å². The standard InChI is InChI=1S/C10H21NO3S2/c1-3-11-9-5-4-6-10(9)15(12)7-8-16(2,13)14/h9-11H,3-8H2,1-2H3. The van der Waals surface area contributed by atoms with Crippen LogP contribution in [-0.2, 0) is 20.6 Å². The van der Waals surface area contributed by atoms with E-state index in [0.29, 0.717) is 6.04 Å². The number of hydrogen-bond donors (Lipinski definition) is 1. The van der Waals surface area contributed by atoms with Gasteiger partial charge in [0, 0.05) is 28.9 Å². The first-order valence-corrected chi connectivity index (χ1v) is 9.16. The molecule has 0 aliphatic heterocycles. The molecule has 0 radical (unpaired) electrons. The van der Waals surface area contributed by atoms with Crippen LogP contribution in [-0.4, -0.2) is 48.2 Å². The molecule has 3 unspecified atom stereocenters. The molecule has 1 rings (SSSR count). The van der Waals surface area contributed by atoms with Crippen molar-refractivity contribution in [3.8, 4) is 0 Å².